The van der Waals surface area contributed by atoms with Crippen LogP contribution in [0, 0.1) is 0 Å². The fourth-order valence-electron chi connectivity index (χ4n) is 1.37. The molecule has 2 rings (SSSR count). The van der Waals surface area contributed by atoms with Crippen molar-refractivity contribution in [1.82, 2.24) is 14.9 Å². The number of nitrogens with zero attached hydrogens (tertiary/aromatic N) is 4. The van der Waals surface area contributed by atoms with Crippen molar-refractivity contribution in [3.63, 3.8) is 0 Å². The zero-order chi connectivity index (χ0) is 13.0. The summed E-state index contributed by atoms with van der Waals surface area (Å²) in [6, 6.07) is 6.86. The maximum atomic E-state index is 9.61. The fourth-order valence-corrected chi connectivity index (χ4v) is 1.70. The predicted molar refractivity (Wildman–Crippen MR) is 70.2 cm³/mol. The number of hydrogen-bond donors (Lipinski definition) is 1. The Morgan fingerprint density at radius 2 is 1.78 bits per heavy atom. The second-order valence-corrected chi connectivity index (χ2v) is 3.95. The lowest BCUT2D eigenvalue weighted by Crippen LogP contribution is -2.00. The largest absolute Gasteiger partial charge is 0.507 e. The Morgan fingerprint density at radius 3 is 2.33 bits per heavy atom. The van der Waals surface area contributed by atoms with E-state index >= 15 is 0 Å². The summed E-state index contributed by atoms with van der Waals surface area (Å²) >= 11 is 11.5. The van der Waals surface area contributed by atoms with Gasteiger partial charge >= 0.3 is 0 Å². The van der Waals surface area contributed by atoms with Gasteiger partial charge in [-0.3, -0.25) is 0 Å². The lowest BCUT2D eigenvalue weighted by molar-refractivity contribution is 0.474. The molecule has 2 aromatic rings. The maximum absolute atomic E-state index is 9.61. The third kappa shape index (κ3) is 2.63. The van der Waals surface area contributed by atoms with E-state index in [1.54, 1.807) is 24.3 Å². The Balaban J connectivity index is 2.34. The monoisotopic (exact) mass is 284 g/mol. The summed E-state index contributed by atoms with van der Waals surface area (Å²) in [6.07, 6.45) is 1.50. The highest BCUT2D eigenvalue weighted by Crippen LogP contribution is 2.14. The van der Waals surface area contributed by atoms with Crippen LogP contribution >= 0.6 is 23.2 Å². The first-order valence-electron chi connectivity index (χ1n) is 5.13. The summed E-state index contributed by atoms with van der Waals surface area (Å²) in [5, 5.41) is 21.5. The summed E-state index contributed by atoms with van der Waals surface area (Å²) in [7, 11) is 0. The number of rotatable bonds is 4. The van der Waals surface area contributed by atoms with E-state index in [9.17, 15) is 5.11 Å². The number of aromatic hydroxyl groups is 1. The molecule has 18 heavy (non-hydrogen) atoms. The van der Waals surface area contributed by atoms with E-state index in [1.165, 1.54) is 10.9 Å². The first-order valence-corrected chi connectivity index (χ1v) is 6.20. The van der Waals surface area contributed by atoms with Crippen LogP contribution < -0.4 is 0 Å². The Bertz CT molecular complexity index is 546. The lowest BCUT2D eigenvalue weighted by atomic mass is 10.2. The molecular weight excluding hydrogens is 275 g/mol. The molecule has 1 N–H and O–H groups in total. The molecule has 1 aromatic heterocycles. The molecule has 0 amide bonds. The van der Waals surface area contributed by atoms with Crippen LogP contribution in [0.3, 0.4) is 0 Å². The van der Waals surface area contributed by atoms with Crippen molar-refractivity contribution in [3.8, 4) is 5.75 Å². The zero-order valence-corrected chi connectivity index (χ0v) is 10.8. The van der Waals surface area contributed by atoms with Crippen LogP contribution in [-0.2, 0) is 11.8 Å². The Labute approximate surface area is 114 Å². The van der Waals surface area contributed by atoms with E-state index in [2.05, 4.69) is 15.3 Å². The normalized spacial score (nSPS) is 11.2. The van der Waals surface area contributed by atoms with E-state index in [-0.39, 0.29) is 17.5 Å². The molecule has 0 bridgehead atoms. The number of phenolic OH excluding ortho intramolecular Hbond substituents is 1. The van der Waals surface area contributed by atoms with Crippen molar-refractivity contribution >= 4 is 29.4 Å². The molecule has 0 spiro atoms. The predicted octanol–water partition coefficient (Wildman–Crippen LogP) is 2.34. The summed E-state index contributed by atoms with van der Waals surface area (Å²) < 4.78 is 1.46. The zero-order valence-electron chi connectivity index (χ0n) is 9.29. The quantitative estimate of drug-likeness (QED) is 0.692. The minimum Gasteiger partial charge on any atom is -0.507 e. The lowest BCUT2D eigenvalue weighted by Gasteiger charge is -2.01. The number of benzene rings is 1. The highest BCUT2D eigenvalue weighted by atomic mass is 35.5. The minimum absolute atomic E-state index is 0.147. The molecule has 0 unspecified atom stereocenters. The molecule has 1 heterocycles. The van der Waals surface area contributed by atoms with Crippen molar-refractivity contribution in [2.45, 2.75) is 11.8 Å². The molecule has 0 aliphatic heterocycles. The summed E-state index contributed by atoms with van der Waals surface area (Å²) in [6.45, 7) is 0. The molecule has 0 saturated carbocycles. The van der Waals surface area contributed by atoms with Crippen LogP contribution in [0.4, 0.5) is 0 Å². The molecule has 0 aliphatic rings. The number of para-hydroxylation sites is 1. The maximum Gasteiger partial charge on any atom is 0.169 e. The van der Waals surface area contributed by atoms with Crippen molar-refractivity contribution in [2.24, 2.45) is 5.10 Å². The molecule has 0 saturated heterocycles. The van der Waals surface area contributed by atoms with Crippen molar-refractivity contribution in [1.29, 1.82) is 0 Å². The molecule has 0 fully saturated rings. The van der Waals surface area contributed by atoms with Crippen LogP contribution in [-0.4, -0.2) is 26.2 Å². The Morgan fingerprint density at radius 1 is 1.17 bits per heavy atom. The summed E-state index contributed by atoms with van der Waals surface area (Å²) in [5.74, 6) is 1.51. The van der Waals surface area contributed by atoms with E-state index < -0.39 is 0 Å². The van der Waals surface area contributed by atoms with Gasteiger partial charge in [-0.1, -0.05) is 12.1 Å². The van der Waals surface area contributed by atoms with Gasteiger partial charge in [-0.2, -0.15) is 9.78 Å². The first-order chi connectivity index (χ1) is 8.76. The molecule has 7 heteroatoms. The highest BCUT2D eigenvalue weighted by molar-refractivity contribution is 6.17. The molecule has 0 atom stereocenters. The standard InChI is InChI=1S/C11H10Cl2N4O/c12-5-10-15-16-11(6-13)17(10)14-7-8-3-1-2-4-9(8)18/h1-4,7,18H,5-6H2/b14-7-. The molecule has 1 aromatic carbocycles. The topological polar surface area (TPSA) is 63.3 Å². The van der Waals surface area contributed by atoms with Crippen molar-refractivity contribution in [2.75, 3.05) is 0 Å². The van der Waals surface area contributed by atoms with Crippen molar-refractivity contribution in [3.05, 3.63) is 41.5 Å². The van der Waals surface area contributed by atoms with E-state index in [1.807, 2.05) is 0 Å². The third-order valence-corrected chi connectivity index (χ3v) is 2.74. The Kier molecular flexibility index (Phi) is 4.17. The van der Waals surface area contributed by atoms with Gasteiger partial charge in [-0.15, -0.1) is 33.4 Å². The SMILES string of the molecule is Oc1ccccc1/C=N\n1c(CCl)nnc1CCl. The number of hydrogen-bond acceptors (Lipinski definition) is 4. The second-order valence-electron chi connectivity index (χ2n) is 3.41. The molecule has 0 aliphatic carbocycles. The smallest absolute Gasteiger partial charge is 0.169 e. The van der Waals surface area contributed by atoms with Crippen LogP contribution in [0.2, 0.25) is 0 Å². The van der Waals surface area contributed by atoms with Crippen molar-refractivity contribution < 1.29 is 5.11 Å². The van der Waals surface area contributed by atoms with Gasteiger partial charge < -0.3 is 5.11 Å². The van der Waals surface area contributed by atoms with E-state index in [0.717, 1.165) is 0 Å². The van der Waals surface area contributed by atoms with Gasteiger partial charge in [0.1, 0.15) is 5.75 Å². The number of aromatic nitrogens is 3. The van der Waals surface area contributed by atoms with Gasteiger partial charge in [-0.25, -0.2) is 0 Å². The minimum atomic E-state index is 0.147. The molecule has 5 nitrogen and oxygen atoms in total. The molecular formula is C11H10Cl2N4O. The van der Waals surface area contributed by atoms with Crippen LogP contribution in [0.25, 0.3) is 0 Å². The van der Waals surface area contributed by atoms with Gasteiger partial charge in [0.15, 0.2) is 11.6 Å². The van der Waals surface area contributed by atoms with Gasteiger partial charge in [0, 0.05) is 5.56 Å². The Hall–Kier alpha value is -1.59. The fraction of sp³-hybridized carbons (Fsp3) is 0.182. The summed E-state index contributed by atoms with van der Waals surface area (Å²) in [5.41, 5.74) is 0.590. The van der Waals surface area contributed by atoms with Crippen LogP contribution in [0.15, 0.2) is 29.4 Å². The number of alkyl halides is 2. The van der Waals surface area contributed by atoms with Crippen LogP contribution in [0.1, 0.15) is 17.2 Å². The van der Waals surface area contributed by atoms with E-state index in [4.69, 9.17) is 23.2 Å². The van der Waals surface area contributed by atoms with Crippen LogP contribution in [0.5, 0.6) is 5.75 Å². The highest BCUT2D eigenvalue weighted by Gasteiger charge is 2.09. The molecule has 94 valence electrons. The molecule has 0 radical (unpaired) electrons. The van der Waals surface area contributed by atoms with E-state index in [0.29, 0.717) is 17.2 Å². The average molecular weight is 285 g/mol. The second kappa shape index (κ2) is 5.84. The average Bonchev–Trinajstić information content (AvgIpc) is 2.80. The van der Waals surface area contributed by atoms with Gasteiger partial charge in [-0.05, 0) is 12.1 Å². The first kappa shape index (κ1) is 12.9. The summed E-state index contributed by atoms with van der Waals surface area (Å²) in [4.78, 5) is 0. The van der Waals surface area contributed by atoms with Gasteiger partial charge in [0.25, 0.3) is 0 Å². The van der Waals surface area contributed by atoms with Gasteiger partial charge in [0.05, 0.1) is 18.0 Å². The number of halogens is 2. The van der Waals surface area contributed by atoms with Gasteiger partial charge in [0.2, 0.25) is 0 Å². The number of phenols is 1. The third-order valence-electron chi connectivity index (χ3n) is 2.26.